The summed E-state index contributed by atoms with van der Waals surface area (Å²) in [6, 6.07) is 0. The van der Waals surface area contributed by atoms with E-state index in [1.165, 1.54) is 11.6 Å². The molecule has 0 radical (unpaired) electrons. The van der Waals surface area contributed by atoms with Gasteiger partial charge in [0.1, 0.15) is 5.82 Å². The predicted octanol–water partition coefficient (Wildman–Crippen LogP) is 1.59. The Bertz CT molecular complexity index is 1360. The van der Waals surface area contributed by atoms with Crippen LogP contribution in [-0.2, 0) is 23.9 Å². The number of aromatic nitrogens is 6. The molecule has 0 aliphatic heterocycles. The standard InChI is InChI=1S/C20H25F3N8O3/c1-5-6-9-30-15(24)14(16(33)26-19(30)34)29(4)13(32)8-7-12-10(2)25-18-27-17(20(21,22)23)28-31(18)11(12)3/h5-9,24H2,1-4H3,(H,26,33,34). The van der Waals surface area contributed by atoms with Crippen LogP contribution in [0.4, 0.5) is 24.7 Å². The first-order chi connectivity index (χ1) is 15.9. The molecule has 0 fully saturated rings. The number of unbranched alkanes of at least 4 members (excludes halogenated alkanes) is 1. The van der Waals surface area contributed by atoms with Crippen LogP contribution in [0.2, 0.25) is 0 Å². The molecule has 3 aromatic rings. The van der Waals surface area contributed by atoms with E-state index in [-0.39, 0.29) is 36.7 Å². The van der Waals surface area contributed by atoms with E-state index >= 15 is 0 Å². The fraction of sp³-hybridized carbons (Fsp3) is 0.500. The number of nitrogens with one attached hydrogen (secondary N) is 1. The third-order valence-electron chi connectivity index (χ3n) is 5.55. The summed E-state index contributed by atoms with van der Waals surface area (Å²) in [5.41, 5.74) is 5.77. The fourth-order valence-corrected chi connectivity index (χ4v) is 3.65. The molecule has 3 aromatic heterocycles. The van der Waals surface area contributed by atoms with E-state index in [1.807, 2.05) is 6.92 Å². The van der Waals surface area contributed by atoms with Crippen molar-refractivity contribution in [3.63, 3.8) is 0 Å². The van der Waals surface area contributed by atoms with Crippen molar-refractivity contribution in [2.75, 3.05) is 17.7 Å². The molecule has 1 amide bonds. The lowest BCUT2D eigenvalue weighted by Crippen LogP contribution is -2.39. The number of nitrogens with zero attached hydrogens (tertiary/aromatic N) is 6. The molecular weight excluding hydrogens is 457 g/mol. The first-order valence-electron chi connectivity index (χ1n) is 10.6. The zero-order valence-corrected chi connectivity index (χ0v) is 19.2. The number of anilines is 2. The number of rotatable bonds is 7. The van der Waals surface area contributed by atoms with Gasteiger partial charge in [0.05, 0.1) is 0 Å². The normalized spacial score (nSPS) is 11.9. The Morgan fingerprint density at radius 1 is 1.21 bits per heavy atom. The highest BCUT2D eigenvalue weighted by molar-refractivity contribution is 5.95. The van der Waals surface area contributed by atoms with E-state index in [0.29, 0.717) is 23.4 Å². The largest absolute Gasteiger partial charge is 0.453 e. The van der Waals surface area contributed by atoms with Crippen molar-refractivity contribution in [1.82, 2.24) is 29.1 Å². The summed E-state index contributed by atoms with van der Waals surface area (Å²) in [7, 11) is 1.37. The summed E-state index contributed by atoms with van der Waals surface area (Å²) >= 11 is 0. The minimum Gasteiger partial charge on any atom is -0.383 e. The smallest absolute Gasteiger partial charge is 0.383 e. The Hall–Kier alpha value is -3.71. The van der Waals surface area contributed by atoms with E-state index in [2.05, 4.69) is 20.1 Å². The van der Waals surface area contributed by atoms with E-state index < -0.39 is 29.2 Å². The first-order valence-corrected chi connectivity index (χ1v) is 10.6. The minimum atomic E-state index is -4.71. The SMILES string of the molecule is CCCCn1c(N)c(N(C)C(=O)CCc2c(C)nc3nc(C(F)(F)F)nn3c2C)c(=O)[nH]c1=O. The van der Waals surface area contributed by atoms with Gasteiger partial charge in [0.25, 0.3) is 17.2 Å². The van der Waals surface area contributed by atoms with Crippen molar-refractivity contribution >= 4 is 23.2 Å². The van der Waals surface area contributed by atoms with Gasteiger partial charge in [-0.1, -0.05) is 13.3 Å². The number of fused-ring (bicyclic) bond motifs is 1. The molecule has 0 bridgehead atoms. The molecule has 3 heterocycles. The summed E-state index contributed by atoms with van der Waals surface area (Å²) in [6.45, 7) is 5.38. The van der Waals surface area contributed by atoms with Crippen molar-refractivity contribution in [3.05, 3.63) is 43.6 Å². The van der Waals surface area contributed by atoms with Crippen LogP contribution in [-0.4, -0.2) is 42.1 Å². The Labute approximate surface area is 191 Å². The van der Waals surface area contributed by atoms with Gasteiger partial charge in [-0.3, -0.25) is 19.1 Å². The average molecular weight is 482 g/mol. The molecule has 0 atom stereocenters. The van der Waals surface area contributed by atoms with Crippen LogP contribution in [0.25, 0.3) is 5.78 Å². The van der Waals surface area contributed by atoms with Crippen molar-refractivity contribution < 1.29 is 18.0 Å². The lowest BCUT2D eigenvalue weighted by Gasteiger charge is -2.20. The second kappa shape index (κ2) is 9.27. The number of hydrogen-bond donors (Lipinski definition) is 2. The second-order valence-electron chi connectivity index (χ2n) is 7.86. The van der Waals surface area contributed by atoms with Gasteiger partial charge in [0, 0.05) is 31.4 Å². The number of aryl methyl sites for hydroxylation is 2. The lowest BCUT2D eigenvalue weighted by atomic mass is 10.1. The number of carbonyl (C=O) groups is 1. The zero-order chi connectivity index (χ0) is 25.4. The maximum absolute atomic E-state index is 13.0. The quantitative estimate of drug-likeness (QED) is 0.520. The van der Waals surface area contributed by atoms with Crippen LogP contribution in [0, 0.1) is 13.8 Å². The lowest BCUT2D eigenvalue weighted by molar-refractivity contribution is -0.144. The number of aromatic amines is 1. The number of carbonyl (C=O) groups excluding carboxylic acids is 1. The number of amides is 1. The summed E-state index contributed by atoms with van der Waals surface area (Å²) in [6.07, 6.45) is -3.24. The maximum Gasteiger partial charge on any atom is 0.453 e. The van der Waals surface area contributed by atoms with Gasteiger partial charge in [-0.15, -0.1) is 5.10 Å². The van der Waals surface area contributed by atoms with E-state index in [4.69, 9.17) is 5.73 Å². The summed E-state index contributed by atoms with van der Waals surface area (Å²) in [5.74, 6) is -2.09. The number of H-pyrrole nitrogens is 1. The molecule has 3 N–H and O–H groups in total. The third kappa shape index (κ3) is 4.65. The van der Waals surface area contributed by atoms with Crippen LogP contribution in [0.5, 0.6) is 0 Å². The molecule has 0 aliphatic rings. The fourth-order valence-electron chi connectivity index (χ4n) is 3.65. The Morgan fingerprint density at radius 3 is 2.50 bits per heavy atom. The van der Waals surface area contributed by atoms with Crippen molar-refractivity contribution in [2.45, 2.75) is 59.2 Å². The average Bonchev–Trinajstić information content (AvgIpc) is 3.17. The van der Waals surface area contributed by atoms with Gasteiger partial charge < -0.3 is 10.6 Å². The molecule has 34 heavy (non-hydrogen) atoms. The van der Waals surface area contributed by atoms with Crippen molar-refractivity contribution in [1.29, 1.82) is 0 Å². The van der Waals surface area contributed by atoms with Crippen LogP contribution in [0.15, 0.2) is 9.59 Å². The number of nitrogen functional groups attached to an aromatic ring is 1. The Balaban J connectivity index is 1.87. The molecule has 11 nitrogen and oxygen atoms in total. The highest BCUT2D eigenvalue weighted by Crippen LogP contribution is 2.27. The number of nitrogens with two attached hydrogens (primary N) is 1. The number of hydrogen-bond acceptors (Lipinski definition) is 7. The molecule has 14 heteroatoms. The van der Waals surface area contributed by atoms with Crippen LogP contribution in [0.1, 0.15) is 49.0 Å². The van der Waals surface area contributed by atoms with Crippen LogP contribution >= 0.6 is 0 Å². The molecule has 0 unspecified atom stereocenters. The van der Waals surface area contributed by atoms with Gasteiger partial charge in [0.2, 0.25) is 5.91 Å². The highest BCUT2D eigenvalue weighted by atomic mass is 19.4. The van der Waals surface area contributed by atoms with Gasteiger partial charge in [-0.25, -0.2) is 14.3 Å². The molecule has 0 aliphatic carbocycles. The molecule has 0 aromatic carbocycles. The summed E-state index contributed by atoms with van der Waals surface area (Å²) in [5, 5.41) is 3.49. The van der Waals surface area contributed by atoms with E-state index in [1.54, 1.807) is 13.8 Å². The first kappa shape index (κ1) is 24.9. The minimum absolute atomic E-state index is 0.0981. The highest BCUT2D eigenvalue weighted by Gasteiger charge is 2.37. The van der Waals surface area contributed by atoms with Crippen molar-refractivity contribution in [3.8, 4) is 0 Å². The monoisotopic (exact) mass is 482 g/mol. The Kier molecular flexibility index (Phi) is 6.79. The third-order valence-corrected chi connectivity index (χ3v) is 5.55. The van der Waals surface area contributed by atoms with Gasteiger partial charge in [-0.05, 0) is 32.3 Å². The van der Waals surface area contributed by atoms with Crippen LogP contribution < -0.4 is 21.9 Å². The molecule has 3 rings (SSSR count). The topological polar surface area (TPSA) is 144 Å². The Morgan fingerprint density at radius 2 is 1.88 bits per heavy atom. The maximum atomic E-state index is 13.0. The molecular formula is C20H25F3N8O3. The van der Waals surface area contributed by atoms with Gasteiger partial charge >= 0.3 is 11.9 Å². The second-order valence-corrected chi connectivity index (χ2v) is 7.86. The summed E-state index contributed by atoms with van der Waals surface area (Å²) in [4.78, 5) is 48.1. The molecule has 184 valence electrons. The molecule has 0 saturated carbocycles. The van der Waals surface area contributed by atoms with Gasteiger partial charge in [-0.2, -0.15) is 18.2 Å². The van der Waals surface area contributed by atoms with E-state index in [9.17, 15) is 27.6 Å². The summed E-state index contributed by atoms with van der Waals surface area (Å²) < 4.78 is 41.1. The van der Waals surface area contributed by atoms with Crippen molar-refractivity contribution in [2.24, 2.45) is 0 Å². The zero-order valence-electron chi connectivity index (χ0n) is 19.2. The molecule has 0 saturated heterocycles. The number of alkyl halides is 3. The molecule has 0 spiro atoms. The predicted molar refractivity (Wildman–Crippen MR) is 118 cm³/mol. The van der Waals surface area contributed by atoms with Crippen LogP contribution in [0.3, 0.4) is 0 Å². The van der Waals surface area contributed by atoms with E-state index in [0.717, 1.165) is 15.8 Å². The van der Waals surface area contributed by atoms with Gasteiger partial charge in [0.15, 0.2) is 5.69 Å². The number of halogens is 3.